The molecule has 2 N–H and O–H groups in total. The van der Waals surface area contributed by atoms with Gasteiger partial charge in [0.1, 0.15) is 0 Å². The minimum atomic E-state index is -0.462. The van der Waals surface area contributed by atoms with E-state index in [0.29, 0.717) is 11.4 Å². The zero-order valence-corrected chi connectivity index (χ0v) is 11.5. The molecule has 0 unspecified atom stereocenters. The maximum Gasteiger partial charge on any atom is 0.269 e. The number of anilines is 1. The van der Waals surface area contributed by atoms with Crippen molar-refractivity contribution in [3.63, 3.8) is 0 Å². The number of benzene rings is 1. The summed E-state index contributed by atoms with van der Waals surface area (Å²) in [6, 6.07) is 7.39. The van der Waals surface area contributed by atoms with E-state index in [1.165, 1.54) is 18.2 Å². The Bertz CT molecular complexity index is 749. The van der Waals surface area contributed by atoms with Crippen LogP contribution in [0.25, 0.3) is 0 Å². The van der Waals surface area contributed by atoms with Crippen molar-refractivity contribution in [2.75, 3.05) is 5.43 Å². The second-order valence-electron chi connectivity index (χ2n) is 4.35. The smallest absolute Gasteiger partial charge is 0.269 e. The van der Waals surface area contributed by atoms with Gasteiger partial charge in [0.2, 0.25) is 5.95 Å². The van der Waals surface area contributed by atoms with Crippen molar-refractivity contribution in [2.45, 2.75) is 13.8 Å². The average Bonchev–Trinajstić information content (AvgIpc) is 2.44. The van der Waals surface area contributed by atoms with Gasteiger partial charge in [-0.25, -0.2) is 10.4 Å². The Balaban J connectivity index is 2.17. The number of aryl methyl sites for hydroxylation is 1. The van der Waals surface area contributed by atoms with Crippen LogP contribution < -0.4 is 11.0 Å². The Morgan fingerprint density at radius 1 is 1.38 bits per heavy atom. The predicted molar refractivity (Wildman–Crippen MR) is 78.5 cm³/mol. The van der Waals surface area contributed by atoms with E-state index >= 15 is 0 Å². The normalized spacial score (nSPS) is 11.2. The average molecular weight is 287 g/mol. The Morgan fingerprint density at radius 2 is 2.05 bits per heavy atom. The first kappa shape index (κ1) is 14.4. The van der Waals surface area contributed by atoms with Gasteiger partial charge in [0.15, 0.2) is 0 Å². The van der Waals surface area contributed by atoms with E-state index < -0.39 is 4.92 Å². The van der Waals surface area contributed by atoms with Crippen LogP contribution in [0.2, 0.25) is 0 Å². The van der Waals surface area contributed by atoms with Crippen LogP contribution in [-0.2, 0) is 0 Å². The van der Waals surface area contributed by atoms with Crippen LogP contribution in [0.15, 0.2) is 40.2 Å². The lowest BCUT2D eigenvalue weighted by Crippen LogP contribution is -2.11. The number of nitrogens with zero attached hydrogens (tertiary/aromatic N) is 3. The fourth-order valence-corrected chi connectivity index (χ4v) is 1.66. The van der Waals surface area contributed by atoms with Crippen molar-refractivity contribution in [2.24, 2.45) is 5.10 Å². The molecule has 0 radical (unpaired) electrons. The fraction of sp³-hybridized carbons (Fsp3) is 0.154. The van der Waals surface area contributed by atoms with Gasteiger partial charge in [-0.05, 0) is 31.5 Å². The number of nitro groups is 1. The Morgan fingerprint density at radius 3 is 2.62 bits per heavy atom. The van der Waals surface area contributed by atoms with Crippen molar-refractivity contribution in [1.29, 1.82) is 0 Å². The molecule has 1 aromatic heterocycles. The SMILES string of the molecule is C/C(=N\Nc1nc(C)cc(=O)[nH]1)c1ccc([N+](=O)[O-])cc1. The molecule has 0 saturated carbocycles. The topological polar surface area (TPSA) is 113 Å². The molecule has 0 amide bonds. The van der Waals surface area contributed by atoms with E-state index in [1.54, 1.807) is 26.0 Å². The maximum atomic E-state index is 11.3. The van der Waals surface area contributed by atoms with Gasteiger partial charge in [-0.3, -0.25) is 19.9 Å². The number of H-pyrrole nitrogens is 1. The quantitative estimate of drug-likeness (QED) is 0.506. The molecule has 0 aliphatic heterocycles. The highest BCUT2D eigenvalue weighted by molar-refractivity contribution is 5.99. The van der Waals surface area contributed by atoms with E-state index in [1.807, 2.05) is 0 Å². The minimum absolute atomic E-state index is 0.0178. The van der Waals surface area contributed by atoms with Gasteiger partial charge in [-0.1, -0.05) is 0 Å². The van der Waals surface area contributed by atoms with Gasteiger partial charge in [-0.2, -0.15) is 5.10 Å². The molecular formula is C13H13N5O3. The third-order valence-electron chi connectivity index (χ3n) is 2.70. The monoisotopic (exact) mass is 287 g/mol. The van der Waals surface area contributed by atoms with Gasteiger partial charge in [-0.15, -0.1) is 0 Å². The van der Waals surface area contributed by atoms with Crippen LogP contribution in [0.4, 0.5) is 11.6 Å². The van der Waals surface area contributed by atoms with Crippen molar-refractivity contribution < 1.29 is 4.92 Å². The molecule has 0 aliphatic carbocycles. The summed E-state index contributed by atoms with van der Waals surface area (Å²) in [6.07, 6.45) is 0. The lowest BCUT2D eigenvalue weighted by atomic mass is 10.1. The second-order valence-corrected chi connectivity index (χ2v) is 4.35. The van der Waals surface area contributed by atoms with Crippen LogP contribution in [0, 0.1) is 17.0 Å². The third-order valence-corrected chi connectivity index (χ3v) is 2.70. The second kappa shape index (κ2) is 5.95. The van der Waals surface area contributed by atoms with Crippen molar-refractivity contribution >= 4 is 17.3 Å². The molecule has 1 aromatic carbocycles. The molecule has 8 nitrogen and oxygen atoms in total. The zero-order chi connectivity index (χ0) is 15.4. The number of rotatable bonds is 4. The summed E-state index contributed by atoms with van der Waals surface area (Å²) >= 11 is 0. The number of aromatic amines is 1. The third kappa shape index (κ3) is 3.72. The van der Waals surface area contributed by atoms with E-state index in [-0.39, 0.29) is 17.2 Å². The number of aromatic nitrogens is 2. The van der Waals surface area contributed by atoms with Crippen LogP contribution >= 0.6 is 0 Å². The molecule has 0 saturated heterocycles. The number of nitrogens with one attached hydrogen (secondary N) is 2. The van der Waals surface area contributed by atoms with Crippen molar-refractivity contribution in [1.82, 2.24) is 9.97 Å². The van der Waals surface area contributed by atoms with Gasteiger partial charge in [0, 0.05) is 23.9 Å². The van der Waals surface area contributed by atoms with E-state index in [4.69, 9.17) is 0 Å². The zero-order valence-electron chi connectivity index (χ0n) is 11.5. The van der Waals surface area contributed by atoms with Gasteiger partial charge >= 0.3 is 0 Å². The molecule has 0 aliphatic rings. The Kier molecular flexibility index (Phi) is 4.07. The molecule has 0 atom stereocenters. The molecule has 21 heavy (non-hydrogen) atoms. The highest BCUT2D eigenvalue weighted by Gasteiger charge is 2.05. The maximum absolute atomic E-state index is 11.3. The lowest BCUT2D eigenvalue weighted by Gasteiger charge is -2.03. The minimum Gasteiger partial charge on any atom is -0.291 e. The Labute approximate surface area is 119 Å². The highest BCUT2D eigenvalue weighted by Crippen LogP contribution is 2.12. The van der Waals surface area contributed by atoms with Crippen LogP contribution in [0.5, 0.6) is 0 Å². The summed E-state index contributed by atoms with van der Waals surface area (Å²) in [4.78, 5) is 28.0. The van der Waals surface area contributed by atoms with Crippen LogP contribution in [0.1, 0.15) is 18.2 Å². The highest BCUT2D eigenvalue weighted by atomic mass is 16.6. The molecule has 0 bridgehead atoms. The van der Waals surface area contributed by atoms with Gasteiger partial charge in [0.25, 0.3) is 11.2 Å². The first-order chi connectivity index (χ1) is 9.95. The number of hydrazone groups is 1. The van der Waals surface area contributed by atoms with Gasteiger partial charge < -0.3 is 0 Å². The Hall–Kier alpha value is -3.03. The van der Waals surface area contributed by atoms with Crippen molar-refractivity contribution in [3.05, 3.63) is 62.1 Å². The van der Waals surface area contributed by atoms with Crippen molar-refractivity contribution in [3.8, 4) is 0 Å². The number of nitro benzene ring substituents is 1. The van der Waals surface area contributed by atoms with E-state index in [0.717, 1.165) is 5.56 Å². The largest absolute Gasteiger partial charge is 0.291 e. The van der Waals surface area contributed by atoms with E-state index in [9.17, 15) is 14.9 Å². The first-order valence-electron chi connectivity index (χ1n) is 6.09. The molecule has 8 heteroatoms. The summed E-state index contributed by atoms with van der Waals surface area (Å²) in [5.74, 6) is 0.237. The standard InChI is InChI=1S/C13H13N5O3/c1-8-7-12(19)15-13(14-8)17-16-9(2)10-3-5-11(6-4-10)18(20)21/h3-7H,1-2H3,(H2,14,15,17,19)/b16-9+. The number of hydrogen-bond acceptors (Lipinski definition) is 6. The predicted octanol–water partition coefficient (Wildman–Crippen LogP) is 1.82. The molecule has 0 spiro atoms. The number of non-ortho nitro benzene ring substituents is 1. The van der Waals surface area contributed by atoms with E-state index in [2.05, 4.69) is 20.5 Å². The molecule has 1 heterocycles. The molecule has 0 fully saturated rings. The van der Waals surface area contributed by atoms with Gasteiger partial charge in [0.05, 0.1) is 10.6 Å². The lowest BCUT2D eigenvalue weighted by molar-refractivity contribution is -0.384. The fourth-order valence-electron chi connectivity index (χ4n) is 1.66. The van der Waals surface area contributed by atoms with Crippen LogP contribution in [0.3, 0.4) is 0 Å². The first-order valence-corrected chi connectivity index (χ1v) is 6.09. The summed E-state index contributed by atoms with van der Waals surface area (Å²) in [5.41, 5.74) is 4.30. The van der Waals surface area contributed by atoms with Crippen LogP contribution in [-0.4, -0.2) is 20.6 Å². The summed E-state index contributed by atoms with van der Waals surface area (Å²) in [6.45, 7) is 3.44. The number of hydrogen-bond donors (Lipinski definition) is 2. The molecule has 108 valence electrons. The molecule has 2 aromatic rings. The summed E-state index contributed by atoms with van der Waals surface area (Å²) in [7, 11) is 0. The molecular weight excluding hydrogens is 274 g/mol. The summed E-state index contributed by atoms with van der Waals surface area (Å²) in [5, 5.41) is 14.7. The summed E-state index contributed by atoms with van der Waals surface area (Å²) < 4.78 is 0. The molecule has 2 rings (SSSR count).